The molecule has 0 aliphatic heterocycles. The highest BCUT2D eigenvalue weighted by Gasteiger charge is 2.24. The molecule has 1 aromatic carbocycles. The van der Waals surface area contributed by atoms with E-state index in [4.69, 9.17) is 9.84 Å². The molecule has 0 aliphatic rings. The lowest BCUT2D eigenvalue weighted by molar-refractivity contribution is 0.0731. The fraction of sp³-hybridized carbons (Fsp3) is 0.538. The van der Waals surface area contributed by atoms with E-state index < -0.39 is 5.60 Å². The minimum atomic E-state index is -1.16. The molecule has 5 nitrogen and oxygen atoms in total. The van der Waals surface area contributed by atoms with Gasteiger partial charge in [-0.1, -0.05) is 0 Å². The molecule has 4 N–H and O–H groups in total. The molecule has 5 heteroatoms. The maximum Gasteiger partial charge on any atom is 0.120 e. The first-order valence-corrected chi connectivity index (χ1v) is 5.78. The van der Waals surface area contributed by atoms with Crippen molar-refractivity contribution in [3.05, 3.63) is 28.8 Å². The third-order valence-electron chi connectivity index (χ3n) is 2.59. The van der Waals surface area contributed by atoms with Crippen LogP contribution in [0, 0.1) is 0 Å². The van der Waals surface area contributed by atoms with Crippen LogP contribution in [0.15, 0.2) is 12.1 Å². The monoisotopic (exact) mass is 256 g/mol. The second kappa shape index (κ2) is 6.15. The molecule has 0 radical (unpaired) electrons. The van der Waals surface area contributed by atoms with Crippen molar-refractivity contribution in [2.75, 3.05) is 13.2 Å². The maximum absolute atomic E-state index is 10.1. The Morgan fingerprint density at radius 3 is 1.89 bits per heavy atom. The number of hydrogen-bond acceptors (Lipinski definition) is 5. The summed E-state index contributed by atoms with van der Waals surface area (Å²) in [6.45, 7) is 2.68. The van der Waals surface area contributed by atoms with Crippen molar-refractivity contribution in [3.8, 4) is 5.75 Å². The third-order valence-corrected chi connectivity index (χ3v) is 2.59. The zero-order chi connectivity index (χ0) is 13.8. The lowest BCUT2D eigenvalue weighted by Crippen LogP contribution is -2.21. The first kappa shape index (κ1) is 14.9. The fourth-order valence-corrected chi connectivity index (χ4v) is 2.02. The Kier molecular flexibility index (Phi) is 5.10. The summed E-state index contributed by atoms with van der Waals surface area (Å²) >= 11 is 0. The predicted molar refractivity (Wildman–Crippen MR) is 66.1 cm³/mol. The Morgan fingerprint density at radius 1 is 1.06 bits per heavy atom. The van der Waals surface area contributed by atoms with Crippen molar-refractivity contribution < 1.29 is 25.2 Å². The Hall–Kier alpha value is -1.14. The number of ether oxygens (including phenoxy) is 1. The van der Waals surface area contributed by atoms with Crippen molar-refractivity contribution in [1.82, 2.24) is 0 Å². The van der Waals surface area contributed by atoms with Gasteiger partial charge in [-0.05, 0) is 42.7 Å². The molecule has 0 spiro atoms. The molecule has 0 bridgehead atoms. The van der Waals surface area contributed by atoms with E-state index in [2.05, 4.69) is 0 Å². The SMILES string of the molecule is CC(C)(O)c1c(CO)cc(OCCO)cc1CO. The number of aliphatic hydroxyl groups is 4. The second-order valence-electron chi connectivity index (χ2n) is 4.56. The highest BCUT2D eigenvalue weighted by Crippen LogP contribution is 2.31. The smallest absolute Gasteiger partial charge is 0.120 e. The first-order valence-electron chi connectivity index (χ1n) is 5.78. The zero-order valence-electron chi connectivity index (χ0n) is 10.7. The van der Waals surface area contributed by atoms with Gasteiger partial charge in [-0.3, -0.25) is 0 Å². The normalized spacial score (nSPS) is 11.7. The van der Waals surface area contributed by atoms with E-state index in [-0.39, 0.29) is 26.4 Å². The van der Waals surface area contributed by atoms with Crippen LogP contribution in [0.2, 0.25) is 0 Å². The Morgan fingerprint density at radius 2 is 1.56 bits per heavy atom. The first-order chi connectivity index (χ1) is 8.43. The van der Waals surface area contributed by atoms with Crippen LogP contribution < -0.4 is 4.74 Å². The largest absolute Gasteiger partial charge is 0.491 e. The van der Waals surface area contributed by atoms with E-state index in [0.29, 0.717) is 22.4 Å². The highest BCUT2D eigenvalue weighted by atomic mass is 16.5. The lowest BCUT2D eigenvalue weighted by Gasteiger charge is -2.25. The summed E-state index contributed by atoms with van der Waals surface area (Å²) in [6.07, 6.45) is 0. The number of aliphatic hydroxyl groups excluding tert-OH is 3. The molecule has 0 saturated heterocycles. The summed E-state index contributed by atoms with van der Waals surface area (Å²) in [4.78, 5) is 0. The molecule has 0 amide bonds. The molecule has 0 fully saturated rings. The van der Waals surface area contributed by atoms with Crippen molar-refractivity contribution in [2.45, 2.75) is 32.7 Å². The predicted octanol–water partition coefficient (Wildman–Crippen LogP) is 0.270. The molecule has 0 aliphatic carbocycles. The maximum atomic E-state index is 10.1. The van der Waals surface area contributed by atoms with Crippen LogP contribution in [-0.4, -0.2) is 33.6 Å². The van der Waals surface area contributed by atoms with Gasteiger partial charge in [0, 0.05) is 0 Å². The molecule has 0 heterocycles. The lowest BCUT2D eigenvalue weighted by atomic mass is 9.88. The summed E-state index contributed by atoms with van der Waals surface area (Å²) in [5.41, 5.74) is 0.346. The summed E-state index contributed by atoms with van der Waals surface area (Å²) in [7, 11) is 0. The quantitative estimate of drug-likeness (QED) is 0.586. The van der Waals surface area contributed by atoms with Crippen LogP contribution in [0.5, 0.6) is 5.75 Å². The van der Waals surface area contributed by atoms with E-state index in [1.54, 1.807) is 26.0 Å². The third kappa shape index (κ3) is 3.43. The summed E-state index contributed by atoms with van der Waals surface area (Å²) in [5, 5.41) is 37.5. The van der Waals surface area contributed by atoms with Crippen LogP contribution in [-0.2, 0) is 18.8 Å². The van der Waals surface area contributed by atoms with Crippen molar-refractivity contribution in [1.29, 1.82) is 0 Å². The number of hydrogen-bond donors (Lipinski definition) is 4. The molecule has 0 aromatic heterocycles. The molecule has 1 rings (SSSR count). The van der Waals surface area contributed by atoms with E-state index in [1.807, 2.05) is 0 Å². The zero-order valence-corrected chi connectivity index (χ0v) is 10.7. The van der Waals surface area contributed by atoms with Gasteiger partial charge in [0.15, 0.2) is 0 Å². The summed E-state index contributed by atoms with van der Waals surface area (Å²) in [6, 6.07) is 3.20. The average Bonchev–Trinajstić information content (AvgIpc) is 2.33. The van der Waals surface area contributed by atoms with E-state index in [1.165, 1.54) is 0 Å². The minimum Gasteiger partial charge on any atom is -0.491 e. The molecule has 0 saturated carbocycles. The average molecular weight is 256 g/mol. The second-order valence-corrected chi connectivity index (χ2v) is 4.56. The van der Waals surface area contributed by atoms with Crippen LogP contribution >= 0.6 is 0 Å². The summed E-state index contributed by atoms with van der Waals surface area (Å²) < 4.78 is 5.25. The molecule has 0 atom stereocenters. The number of rotatable bonds is 6. The molecule has 0 unspecified atom stereocenters. The van der Waals surface area contributed by atoms with Gasteiger partial charge in [0.25, 0.3) is 0 Å². The van der Waals surface area contributed by atoms with Crippen LogP contribution in [0.1, 0.15) is 30.5 Å². The van der Waals surface area contributed by atoms with Crippen LogP contribution in [0.3, 0.4) is 0 Å². The van der Waals surface area contributed by atoms with Gasteiger partial charge in [0.2, 0.25) is 0 Å². The van der Waals surface area contributed by atoms with Gasteiger partial charge in [-0.15, -0.1) is 0 Å². The minimum absolute atomic E-state index is 0.115. The van der Waals surface area contributed by atoms with Crippen LogP contribution in [0.4, 0.5) is 0 Å². The molecule has 18 heavy (non-hydrogen) atoms. The van der Waals surface area contributed by atoms with Gasteiger partial charge in [0.05, 0.1) is 25.4 Å². The van der Waals surface area contributed by atoms with Gasteiger partial charge in [-0.2, -0.15) is 0 Å². The van der Waals surface area contributed by atoms with E-state index >= 15 is 0 Å². The van der Waals surface area contributed by atoms with E-state index in [0.717, 1.165) is 0 Å². The van der Waals surface area contributed by atoms with Crippen molar-refractivity contribution in [2.24, 2.45) is 0 Å². The molecule has 1 aromatic rings. The van der Waals surface area contributed by atoms with Crippen molar-refractivity contribution >= 4 is 0 Å². The standard InChI is InChI=1S/C13H20O5/c1-13(2,17)12-9(7-15)5-11(18-4-3-14)6-10(12)8-16/h5-6,14-17H,3-4,7-8H2,1-2H3. The molecular weight excluding hydrogens is 236 g/mol. The molecular formula is C13H20O5. The Bertz CT molecular complexity index is 370. The highest BCUT2D eigenvalue weighted by molar-refractivity contribution is 5.44. The van der Waals surface area contributed by atoms with Gasteiger partial charge >= 0.3 is 0 Å². The summed E-state index contributed by atoms with van der Waals surface area (Å²) in [5.74, 6) is 0.449. The number of benzene rings is 1. The van der Waals surface area contributed by atoms with Crippen LogP contribution in [0.25, 0.3) is 0 Å². The van der Waals surface area contributed by atoms with Gasteiger partial charge in [-0.25, -0.2) is 0 Å². The Labute approximate surface area is 106 Å². The molecule has 102 valence electrons. The van der Waals surface area contributed by atoms with Gasteiger partial charge < -0.3 is 25.2 Å². The van der Waals surface area contributed by atoms with E-state index in [9.17, 15) is 15.3 Å². The topological polar surface area (TPSA) is 90.2 Å². The van der Waals surface area contributed by atoms with Crippen molar-refractivity contribution in [3.63, 3.8) is 0 Å². The fourth-order valence-electron chi connectivity index (χ4n) is 2.02. The Balaban J connectivity index is 3.26. The van der Waals surface area contributed by atoms with Gasteiger partial charge in [0.1, 0.15) is 12.4 Å².